The highest BCUT2D eigenvalue weighted by Gasteiger charge is 2.20. The largest absolute Gasteiger partial charge is 0.480 e. The molecular weight excluding hydrogens is 222 g/mol. The van der Waals surface area contributed by atoms with E-state index in [9.17, 15) is 13.2 Å². The van der Waals surface area contributed by atoms with E-state index in [2.05, 4.69) is 4.99 Å². The number of nitrogens with zero attached hydrogens (tertiary/aromatic N) is 1. The molecule has 7 nitrogen and oxygen atoms in total. The summed E-state index contributed by atoms with van der Waals surface area (Å²) in [6.07, 6.45) is 0. The van der Waals surface area contributed by atoms with E-state index in [1.54, 1.807) is 0 Å². The Hall–Kier alpha value is -1.15. The molecule has 0 rings (SSSR count). The Morgan fingerprint density at radius 2 is 2.07 bits per heavy atom. The number of carboxylic acids is 1. The van der Waals surface area contributed by atoms with E-state index in [0.29, 0.717) is 0 Å². The standard InChI is InChI=1S/C7H15N3O4S/c1-5(8)10-2-3-15(13,14)4-6(9)7(11)12/h6H,2-4,9H2,1H3,(H2,8,10)(H,11,12)/t6-/m1/s1. The Morgan fingerprint density at radius 3 is 2.47 bits per heavy atom. The lowest BCUT2D eigenvalue weighted by Gasteiger charge is -2.06. The van der Waals surface area contributed by atoms with Gasteiger partial charge in [0.2, 0.25) is 0 Å². The molecule has 0 aliphatic heterocycles. The molecule has 15 heavy (non-hydrogen) atoms. The van der Waals surface area contributed by atoms with Gasteiger partial charge in [0.05, 0.1) is 23.9 Å². The fourth-order valence-electron chi connectivity index (χ4n) is 0.789. The summed E-state index contributed by atoms with van der Waals surface area (Å²) < 4.78 is 22.5. The van der Waals surface area contributed by atoms with Crippen LogP contribution in [0.1, 0.15) is 6.92 Å². The molecule has 0 aliphatic carbocycles. The lowest BCUT2D eigenvalue weighted by atomic mass is 10.4. The van der Waals surface area contributed by atoms with Crippen LogP contribution in [0.3, 0.4) is 0 Å². The zero-order valence-corrected chi connectivity index (χ0v) is 9.20. The third-order valence-corrected chi connectivity index (χ3v) is 3.19. The molecule has 88 valence electrons. The Morgan fingerprint density at radius 1 is 1.53 bits per heavy atom. The van der Waals surface area contributed by atoms with Crippen LogP contribution < -0.4 is 11.5 Å². The van der Waals surface area contributed by atoms with Gasteiger partial charge in [0, 0.05) is 0 Å². The lowest BCUT2D eigenvalue weighted by molar-refractivity contribution is -0.137. The van der Waals surface area contributed by atoms with Crippen molar-refractivity contribution in [1.29, 1.82) is 0 Å². The number of hydrogen-bond donors (Lipinski definition) is 3. The predicted molar refractivity (Wildman–Crippen MR) is 56.4 cm³/mol. The second-order valence-electron chi connectivity index (χ2n) is 3.08. The lowest BCUT2D eigenvalue weighted by Crippen LogP contribution is -2.38. The first-order valence-corrected chi connectivity index (χ1v) is 6.02. The van der Waals surface area contributed by atoms with Crippen LogP contribution in [0.2, 0.25) is 0 Å². The maximum atomic E-state index is 11.3. The number of aliphatic imine (C=N–C) groups is 1. The average Bonchev–Trinajstić information content (AvgIpc) is 2.01. The van der Waals surface area contributed by atoms with Crippen LogP contribution in [0.5, 0.6) is 0 Å². The molecule has 0 aromatic rings. The van der Waals surface area contributed by atoms with Gasteiger partial charge in [0.1, 0.15) is 6.04 Å². The molecule has 8 heteroatoms. The van der Waals surface area contributed by atoms with Crippen molar-refractivity contribution in [3.63, 3.8) is 0 Å². The second kappa shape index (κ2) is 5.66. The van der Waals surface area contributed by atoms with Crippen molar-refractivity contribution in [2.45, 2.75) is 13.0 Å². The highest BCUT2D eigenvalue weighted by molar-refractivity contribution is 7.91. The van der Waals surface area contributed by atoms with Crippen molar-refractivity contribution in [1.82, 2.24) is 0 Å². The van der Waals surface area contributed by atoms with Gasteiger partial charge in [-0.05, 0) is 6.92 Å². The summed E-state index contributed by atoms with van der Waals surface area (Å²) in [5.41, 5.74) is 10.3. The Kier molecular flexibility index (Phi) is 5.23. The number of carbonyl (C=O) groups is 1. The summed E-state index contributed by atoms with van der Waals surface area (Å²) in [6, 6.07) is -1.39. The summed E-state index contributed by atoms with van der Waals surface area (Å²) in [4.78, 5) is 14.0. The van der Waals surface area contributed by atoms with Gasteiger partial charge >= 0.3 is 5.97 Å². The molecule has 0 saturated carbocycles. The molecule has 5 N–H and O–H groups in total. The summed E-state index contributed by atoms with van der Waals surface area (Å²) in [5.74, 6) is -1.88. The van der Waals surface area contributed by atoms with Crippen LogP contribution in [0, 0.1) is 0 Å². The van der Waals surface area contributed by atoms with Crippen LogP contribution in [0.25, 0.3) is 0 Å². The van der Waals surface area contributed by atoms with Crippen molar-refractivity contribution in [3.05, 3.63) is 0 Å². The van der Waals surface area contributed by atoms with Gasteiger partial charge in [-0.3, -0.25) is 9.79 Å². The molecule has 1 atom stereocenters. The van der Waals surface area contributed by atoms with Gasteiger partial charge in [0.25, 0.3) is 0 Å². The van der Waals surface area contributed by atoms with Crippen molar-refractivity contribution in [2.24, 2.45) is 16.5 Å². The average molecular weight is 237 g/mol. The van der Waals surface area contributed by atoms with Gasteiger partial charge in [0.15, 0.2) is 9.84 Å². The summed E-state index contributed by atoms with van der Waals surface area (Å²) in [7, 11) is -3.49. The molecule has 0 saturated heterocycles. The van der Waals surface area contributed by atoms with Gasteiger partial charge in [-0.25, -0.2) is 8.42 Å². The van der Waals surface area contributed by atoms with Gasteiger partial charge in [-0.2, -0.15) is 0 Å². The molecule has 0 bridgehead atoms. The van der Waals surface area contributed by atoms with Crippen LogP contribution in [-0.4, -0.2) is 49.4 Å². The number of carboxylic acid groups (broad SMARTS) is 1. The van der Waals surface area contributed by atoms with Crippen LogP contribution in [-0.2, 0) is 14.6 Å². The highest BCUT2D eigenvalue weighted by Crippen LogP contribution is 1.94. The molecule has 0 fully saturated rings. The van der Waals surface area contributed by atoms with Crippen LogP contribution in [0.15, 0.2) is 4.99 Å². The van der Waals surface area contributed by atoms with Gasteiger partial charge in [-0.1, -0.05) is 0 Å². The van der Waals surface area contributed by atoms with Crippen LogP contribution in [0.4, 0.5) is 0 Å². The Labute approximate surface area is 88.1 Å². The van der Waals surface area contributed by atoms with E-state index >= 15 is 0 Å². The Bertz CT molecular complexity index is 345. The first-order chi connectivity index (χ1) is 6.74. The Balaban J connectivity index is 4.21. The molecule has 0 aliphatic rings. The monoisotopic (exact) mass is 237 g/mol. The van der Waals surface area contributed by atoms with E-state index in [-0.39, 0.29) is 18.1 Å². The maximum absolute atomic E-state index is 11.3. The van der Waals surface area contributed by atoms with E-state index < -0.39 is 27.6 Å². The van der Waals surface area contributed by atoms with E-state index in [1.165, 1.54) is 6.92 Å². The zero-order chi connectivity index (χ0) is 12.1. The van der Waals surface area contributed by atoms with E-state index in [0.717, 1.165) is 0 Å². The maximum Gasteiger partial charge on any atom is 0.321 e. The molecule has 0 spiro atoms. The van der Waals surface area contributed by atoms with Crippen molar-refractivity contribution in [3.8, 4) is 0 Å². The summed E-state index contributed by atoms with van der Waals surface area (Å²) >= 11 is 0. The SMILES string of the molecule is CC(N)=NCCS(=O)(=O)C[C@@H](N)C(=O)O. The summed E-state index contributed by atoms with van der Waals surface area (Å²) in [6.45, 7) is 1.56. The minimum absolute atomic E-state index is 0.0248. The number of rotatable bonds is 6. The second-order valence-corrected chi connectivity index (χ2v) is 5.31. The first kappa shape index (κ1) is 13.8. The van der Waals surface area contributed by atoms with Gasteiger partial charge in [-0.15, -0.1) is 0 Å². The fraction of sp³-hybridized carbons (Fsp3) is 0.714. The molecular formula is C7H15N3O4S. The normalized spacial score (nSPS) is 14.9. The molecule has 0 aromatic heterocycles. The molecule has 0 radical (unpaired) electrons. The van der Waals surface area contributed by atoms with Crippen molar-refractivity contribution < 1.29 is 18.3 Å². The topological polar surface area (TPSA) is 136 Å². The van der Waals surface area contributed by atoms with E-state index in [4.69, 9.17) is 16.6 Å². The molecule has 0 aromatic carbocycles. The van der Waals surface area contributed by atoms with Crippen molar-refractivity contribution in [2.75, 3.05) is 18.1 Å². The number of nitrogens with two attached hydrogens (primary N) is 2. The summed E-state index contributed by atoms with van der Waals surface area (Å²) in [5, 5.41) is 8.42. The molecule has 0 heterocycles. The smallest absolute Gasteiger partial charge is 0.321 e. The zero-order valence-electron chi connectivity index (χ0n) is 8.38. The van der Waals surface area contributed by atoms with Gasteiger partial charge < -0.3 is 16.6 Å². The minimum Gasteiger partial charge on any atom is -0.480 e. The highest BCUT2D eigenvalue weighted by atomic mass is 32.2. The first-order valence-electron chi connectivity index (χ1n) is 4.20. The fourth-order valence-corrected chi connectivity index (χ4v) is 2.02. The molecule has 0 amide bonds. The quantitative estimate of drug-likeness (QED) is 0.368. The third-order valence-electron chi connectivity index (χ3n) is 1.51. The number of sulfone groups is 1. The van der Waals surface area contributed by atoms with Crippen LogP contribution >= 0.6 is 0 Å². The third kappa shape index (κ3) is 6.86. The minimum atomic E-state index is -3.49. The van der Waals surface area contributed by atoms with Crippen molar-refractivity contribution >= 4 is 21.6 Å². The molecule has 0 unspecified atom stereocenters. The number of amidine groups is 1. The number of aliphatic carboxylic acids is 1. The van der Waals surface area contributed by atoms with E-state index in [1.807, 2.05) is 0 Å². The number of hydrogen-bond acceptors (Lipinski definition) is 5. The predicted octanol–water partition coefficient (Wildman–Crippen LogP) is -1.81.